The van der Waals surface area contributed by atoms with Gasteiger partial charge in [0.25, 0.3) is 0 Å². The molecule has 1 unspecified atom stereocenters. The highest BCUT2D eigenvalue weighted by molar-refractivity contribution is 9.10. The van der Waals surface area contributed by atoms with Crippen LogP contribution in [0.25, 0.3) is 0 Å². The van der Waals surface area contributed by atoms with E-state index in [9.17, 15) is 8.78 Å². The number of benzene rings is 1. The lowest BCUT2D eigenvalue weighted by Crippen LogP contribution is -2.21. The lowest BCUT2D eigenvalue weighted by atomic mass is 9.99. The molecule has 1 aromatic heterocycles. The van der Waals surface area contributed by atoms with E-state index in [2.05, 4.69) is 21.2 Å². The van der Waals surface area contributed by atoms with E-state index >= 15 is 0 Å². The van der Waals surface area contributed by atoms with Crippen molar-refractivity contribution in [3.05, 3.63) is 56.2 Å². The average Bonchev–Trinajstić information content (AvgIpc) is 2.79. The highest BCUT2D eigenvalue weighted by atomic mass is 79.9. The molecule has 0 spiro atoms. The third-order valence-corrected chi connectivity index (χ3v) is 3.95. The number of thiophene rings is 1. The van der Waals surface area contributed by atoms with E-state index in [1.54, 1.807) is 18.4 Å². The molecule has 1 aromatic carbocycles. The Labute approximate surface area is 117 Å². The minimum Gasteiger partial charge on any atom is -0.313 e. The molecule has 1 heterocycles. The summed E-state index contributed by atoms with van der Waals surface area (Å²) in [5.41, 5.74) is 1.16. The maximum absolute atomic E-state index is 13.9. The van der Waals surface area contributed by atoms with Crippen LogP contribution in [0.2, 0.25) is 0 Å². The third-order valence-electron chi connectivity index (χ3n) is 2.76. The molecule has 1 N–H and O–H groups in total. The Morgan fingerprint density at radius 3 is 2.50 bits per heavy atom. The molecule has 18 heavy (non-hydrogen) atoms. The van der Waals surface area contributed by atoms with Gasteiger partial charge in [-0.05, 0) is 48.0 Å². The van der Waals surface area contributed by atoms with Crippen molar-refractivity contribution in [1.29, 1.82) is 0 Å². The second-order valence-corrected chi connectivity index (χ2v) is 5.66. The van der Waals surface area contributed by atoms with Crippen molar-refractivity contribution in [1.82, 2.24) is 5.32 Å². The molecule has 0 bridgehead atoms. The van der Waals surface area contributed by atoms with Crippen LogP contribution < -0.4 is 5.32 Å². The number of nitrogens with one attached hydrogen (secondary N) is 1. The highest BCUT2D eigenvalue weighted by Gasteiger charge is 2.20. The Kier molecular flexibility index (Phi) is 4.48. The first-order valence-corrected chi connectivity index (χ1v) is 7.18. The first kappa shape index (κ1) is 13.6. The van der Waals surface area contributed by atoms with Crippen molar-refractivity contribution in [2.75, 3.05) is 7.05 Å². The van der Waals surface area contributed by atoms with E-state index in [0.29, 0.717) is 10.9 Å². The molecule has 0 saturated heterocycles. The van der Waals surface area contributed by atoms with Gasteiger partial charge in [-0.25, -0.2) is 8.78 Å². The summed E-state index contributed by atoms with van der Waals surface area (Å²) in [6.45, 7) is 0. The second-order valence-electron chi connectivity index (χ2n) is 3.96. The van der Waals surface area contributed by atoms with Gasteiger partial charge in [0, 0.05) is 16.1 Å². The fraction of sp³-hybridized carbons (Fsp3) is 0.231. The molecule has 2 rings (SSSR count). The molecule has 1 atom stereocenters. The molecular formula is C13H12BrF2NS. The van der Waals surface area contributed by atoms with Crippen molar-refractivity contribution in [2.45, 2.75) is 12.5 Å². The van der Waals surface area contributed by atoms with Gasteiger partial charge < -0.3 is 5.32 Å². The Hall–Kier alpha value is -0.780. The summed E-state index contributed by atoms with van der Waals surface area (Å²) in [5, 5.41) is 6.91. The van der Waals surface area contributed by atoms with E-state index in [-0.39, 0.29) is 11.6 Å². The van der Waals surface area contributed by atoms with E-state index in [0.717, 1.165) is 5.56 Å². The molecule has 96 valence electrons. The maximum Gasteiger partial charge on any atom is 0.132 e. The Bertz CT molecular complexity index is 505. The minimum atomic E-state index is -0.531. The van der Waals surface area contributed by atoms with Crippen molar-refractivity contribution in [3.63, 3.8) is 0 Å². The largest absolute Gasteiger partial charge is 0.313 e. The van der Waals surface area contributed by atoms with Gasteiger partial charge in [0.2, 0.25) is 0 Å². The molecule has 1 nitrogen and oxygen atoms in total. The molecule has 0 aliphatic rings. The van der Waals surface area contributed by atoms with Crippen molar-refractivity contribution >= 4 is 27.3 Å². The van der Waals surface area contributed by atoms with Gasteiger partial charge in [0.05, 0.1) is 0 Å². The summed E-state index contributed by atoms with van der Waals surface area (Å²) in [7, 11) is 1.71. The van der Waals surface area contributed by atoms with Crippen LogP contribution >= 0.6 is 27.3 Å². The summed E-state index contributed by atoms with van der Waals surface area (Å²) < 4.78 is 28.1. The van der Waals surface area contributed by atoms with Gasteiger partial charge in [-0.15, -0.1) is 0 Å². The molecule has 0 saturated carbocycles. The van der Waals surface area contributed by atoms with Gasteiger partial charge in [-0.1, -0.05) is 15.9 Å². The quantitative estimate of drug-likeness (QED) is 0.881. The zero-order valence-corrected chi connectivity index (χ0v) is 12.1. The van der Waals surface area contributed by atoms with Crippen LogP contribution in [-0.2, 0) is 6.42 Å². The molecule has 0 amide bonds. The Balaban J connectivity index is 2.33. The second kappa shape index (κ2) is 5.91. The van der Waals surface area contributed by atoms with Crippen LogP contribution in [0, 0.1) is 11.6 Å². The van der Waals surface area contributed by atoms with Gasteiger partial charge in [-0.2, -0.15) is 11.3 Å². The molecule has 5 heteroatoms. The first-order chi connectivity index (χ1) is 8.61. The maximum atomic E-state index is 13.9. The van der Waals surface area contributed by atoms with Gasteiger partial charge in [-0.3, -0.25) is 0 Å². The standard InChI is InChI=1S/C13H12BrF2NS/c1-17-12(4-8-2-3-18-7-8)13-10(15)5-9(14)6-11(13)16/h2-3,5-7,12,17H,4H2,1H3. The molecular weight excluding hydrogens is 320 g/mol. The van der Waals surface area contributed by atoms with Gasteiger partial charge in [0.15, 0.2) is 0 Å². The summed E-state index contributed by atoms with van der Waals surface area (Å²) in [6, 6.07) is 4.17. The van der Waals surface area contributed by atoms with Crippen LogP contribution in [0.5, 0.6) is 0 Å². The predicted octanol–water partition coefficient (Wildman–Crippen LogP) is 4.29. The summed E-state index contributed by atoms with van der Waals surface area (Å²) in [5.74, 6) is -1.06. The Morgan fingerprint density at radius 2 is 2.00 bits per heavy atom. The van der Waals surface area contributed by atoms with Crippen LogP contribution in [0.1, 0.15) is 17.2 Å². The fourth-order valence-corrected chi connectivity index (χ4v) is 2.96. The number of hydrogen-bond donors (Lipinski definition) is 1. The SMILES string of the molecule is CNC(Cc1ccsc1)c1c(F)cc(Br)cc1F. The zero-order valence-electron chi connectivity index (χ0n) is 9.71. The molecule has 2 aromatic rings. The topological polar surface area (TPSA) is 12.0 Å². The van der Waals surface area contributed by atoms with Gasteiger partial charge >= 0.3 is 0 Å². The molecule has 0 radical (unpaired) electrons. The monoisotopic (exact) mass is 331 g/mol. The minimum absolute atomic E-state index is 0.0897. The van der Waals surface area contributed by atoms with E-state index in [4.69, 9.17) is 0 Å². The van der Waals surface area contributed by atoms with Crippen molar-refractivity contribution in [2.24, 2.45) is 0 Å². The number of rotatable bonds is 4. The molecule has 0 aliphatic heterocycles. The van der Waals surface area contributed by atoms with Crippen molar-refractivity contribution in [3.8, 4) is 0 Å². The van der Waals surface area contributed by atoms with Crippen LogP contribution in [0.15, 0.2) is 33.4 Å². The zero-order chi connectivity index (χ0) is 13.1. The molecule has 0 aliphatic carbocycles. The van der Waals surface area contributed by atoms with Crippen LogP contribution in [0.4, 0.5) is 8.78 Å². The van der Waals surface area contributed by atoms with E-state index in [1.807, 2.05) is 16.8 Å². The van der Waals surface area contributed by atoms with E-state index in [1.165, 1.54) is 12.1 Å². The summed E-state index contributed by atoms with van der Waals surface area (Å²) >= 11 is 4.66. The average molecular weight is 332 g/mol. The smallest absolute Gasteiger partial charge is 0.132 e. The number of hydrogen-bond acceptors (Lipinski definition) is 2. The number of likely N-dealkylation sites (N-methyl/N-ethyl adjacent to an activating group) is 1. The lowest BCUT2D eigenvalue weighted by Gasteiger charge is -2.17. The predicted molar refractivity (Wildman–Crippen MR) is 73.9 cm³/mol. The number of halogens is 3. The molecule has 0 fully saturated rings. The lowest BCUT2D eigenvalue weighted by molar-refractivity contribution is 0.489. The van der Waals surface area contributed by atoms with E-state index < -0.39 is 11.6 Å². The summed E-state index contributed by atoms with van der Waals surface area (Å²) in [4.78, 5) is 0. The third kappa shape index (κ3) is 2.96. The highest BCUT2D eigenvalue weighted by Crippen LogP contribution is 2.27. The van der Waals surface area contributed by atoms with Gasteiger partial charge in [0.1, 0.15) is 11.6 Å². The van der Waals surface area contributed by atoms with Crippen LogP contribution in [-0.4, -0.2) is 7.05 Å². The Morgan fingerprint density at radius 1 is 1.33 bits per heavy atom. The van der Waals surface area contributed by atoms with Crippen LogP contribution in [0.3, 0.4) is 0 Å². The van der Waals surface area contributed by atoms with Crippen molar-refractivity contribution < 1.29 is 8.78 Å². The fourth-order valence-electron chi connectivity index (χ4n) is 1.88. The first-order valence-electron chi connectivity index (χ1n) is 5.44. The summed E-state index contributed by atoms with van der Waals surface area (Å²) in [6.07, 6.45) is 0.565. The normalized spacial score (nSPS) is 12.7.